The molecule has 31 heavy (non-hydrogen) atoms. The standard InChI is InChI=1S/C24H34N6O/c1-25-24(27-19-20-9-10-26-23(17-20)29-11-4-3-5-12-29)30-15-13-28(14-16-30)21-7-6-8-22(18-21)31-2/h6-10,17-18H,3-5,11-16,19H2,1-2H3,(H,25,27). The fourth-order valence-corrected chi connectivity index (χ4v) is 4.36. The maximum absolute atomic E-state index is 5.37. The predicted molar refractivity (Wildman–Crippen MR) is 127 cm³/mol. The van der Waals surface area contributed by atoms with Crippen molar-refractivity contribution < 1.29 is 4.74 Å². The van der Waals surface area contributed by atoms with Crippen molar-refractivity contribution in [1.82, 2.24) is 15.2 Å². The van der Waals surface area contributed by atoms with Crippen LogP contribution in [-0.4, -0.2) is 69.3 Å². The summed E-state index contributed by atoms with van der Waals surface area (Å²) in [4.78, 5) is 16.3. The Kier molecular flexibility index (Phi) is 7.12. The highest BCUT2D eigenvalue weighted by Gasteiger charge is 2.20. The van der Waals surface area contributed by atoms with Gasteiger partial charge in [-0.1, -0.05) is 6.07 Å². The molecule has 0 spiro atoms. The molecule has 0 aliphatic carbocycles. The van der Waals surface area contributed by atoms with Crippen LogP contribution in [0.5, 0.6) is 5.75 Å². The molecule has 7 nitrogen and oxygen atoms in total. The van der Waals surface area contributed by atoms with E-state index in [-0.39, 0.29) is 0 Å². The molecule has 7 heteroatoms. The second kappa shape index (κ2) is 10.4. The zero-order valence-electron chi connectivity index (χ0n) is 18.8. The maximum Gasteiger partial charge on any atom is 0.194 e. The molecule has 2 aliphatic heterocycles. The number of aliphatic imine (C=N–C) groups is 1. The van der Waals surface area contributed by atoms with Gasteiger partial charge in [0.1, 0.15) is 11.6 Å². The number of hydrogen-bond donors (Lipinski definition) is 1. The van der Waals surface area contributed by atoms with Crippen molar-refractivity contribution >= 4 is 17.5 Å². The van der Waals surface area contributed by atoms with Gasteiger partial charge < -0.3 is 24.8 Å². The van der Waals surface area contributed by atoms with Crippen molar-refractivity contribution in [3.05, 3.63) is 48.2 Å². The molecule has 166 valence electrons. The normalized spacial score (nSPS) is 17.6. The van der Waals surface area contributed by atoms with Crippen LogP contribution in [0, 0.1) is 0 Å². The van der Waals surface area contributed by atoms with E-state index in [1.807, 2.05) is 25.4 Å². The van der Waals surface area contributed by atoms with Gasteiger partial charge >= 0.3 is 0 Å². The van der Waals surface area contributed by atoms with Gasteiger partial charge in [0.05, 0.1) is 7.11 Å². The van der Waals surface area contributed by atoms with Crippen LogP contribution in [0.25, 0.3) is 0 Å². The van der Waals surface area contributed by atoms with E-state index >= 15 is 0 Å². The van der Waals surface area contributed by atoms with Crippen LogP contribution in [-0.2, 0) is 6.54 Å². The number of anilines is 2. The topological polar surface area (TPSA) is 56.2 Å². The molecule has 4 rings (SSSR count). The zero-order chi connectivity index (χ0) is 21.5. The summed E-state index contributed by atoms with van der Waals surface area (Å²) >= 11 is 0. The largest absolute Gasteiger partial charge is 0.497 e. The van der Waals surface area contributed by atoms with Gasteiger partial charge in [0.15, 0.2) is 5.96 Å². The Labute approximate surface area is 185 Å². The minimum atomic E-state index is 0.756. The molecule has 0 radical (unpaired) electrons. The van der Waals surface area contributed by atoms with E-state index in [0.717, 1.165) is 63.3 Å². The molecule has 1 N–H and O–H groups in total. The van der Waals surface area contributed by atoms with Gasteiger partial charge in [-0.25, -0.2) is 4.98 Å². The Morgan fingerprint density at radius 2 is 1.81 bits per heavy atom. The van der Waals surface area contributed by atoms with Crippen molar-refractivity contribution in [2.75, 3.05) is 63.2 Å². The van der Waals surface area contributed by atoms with Gasteiger partial charge in [-0.3, -0.25) is 4.99 Å². The predicted octanol–water partition coefficient (Wildman–Crippen LogP) is 2.98. The molecule has 0 atom stereocenters. The van der Waals surface area contributed by atoms with Crippen LogP contribution >= 0.6 is 0 Å². The first-order valence-electron chi connectivity index (χ1n) is 11.3. The number of nitrogens with zero attached hydrogens (tertiary/aromatic N) is 5. The van der Waals surface area contributed by atoms with E-state index in [4.69, 9.17) is 4.74 Å². The third-order valence-electron chi connectivity index (χ3n) is 6.15. The Balaban J connectivity index is 1.31. The molecule has 2 fully saturated rings. The van der Waals surface area contributed by atoms with Gasteiger partial charge in [0.2, 0.25) is 0 Å². The van der Waals surface area contributed by atoms with E-state index in [2.05, 4.69) is 54.3 Å². The van der Waals surface area contributed by atoms with Gasteiger partial charge in [0, 0.05) is 70.8 Å². The molecular weight excluding hydrogens is 388 g/mol. The Morgan fingerprint density at radius 1 is 1.00 bits per heavy atom. The third-order valence-corrected chi connectivity index (χ3v) is 6.15. The fourth-order valence-electron chi connectivity index (χ4n) is 4.36. The van der Waals surface area contributed by atoms with Crippen LogP contribution in [0.3, 0.4) is 0 Å². The summed E-state index contributed by atoms with van der Waals surface area (Å²) in [5.74, 6) is 2.96. The lowest BCUT2D eigenvalue weighted by Gasteiger charge is -2.37. The lowest BCUT2D eigenvalue weighted by Crippen LogP contribution is -2.52. The number of nitrogens with one attached hydrogen (secondary N) is 1. The van der Waals surface area contributed by atoms with Gasteiger partial charge in [-0.2, -0.15) is 0 Å². The van der Waals surface area contributed by atoms with Crippen LogP contribution in [0.1, 0.15) is 24.8 Å². The van der Waals surface area contributed by atoms with E-state index in [1.54, 1.807) is 7.11 Å². The van der Waals surface area contributed by atoms with Gasteiger partial charge in [-0.05, 0) is 49.1 Å². The Hall–Kier alpha value is -2.96. The number of ether oxygens (including phenoxy) is 1. The summed E-state index contributed by atoms with van der Waals surface area (Å²) < 4.78 is 5.37. The van der Waals surface area contributed by atoms with Crippen LogP contribution in [0.15, 0.2) is 47.6 Å². The van der Waals surface area contributed by atoms with Crippen molar-refractivity contribution in [3.63, 3.8) is 0 Å². The molecule has 2 aliphatic rings. The summed E-state index contributed by atoms with van der Waals surface area (Å²) in [6.45, 7) is 6.78. The number of rotatable bonds is 5. The summed E-state index contributed by atoms with van der Waals surface area (Å²) in [6, 6.07) is 12.6. The molecule has 2 saturated heterocycles. The van der Waals surface area contributed by atoms with Crippen molar-refractivity contribution in [2.24, 2.45) is 4.99 Å². The highest BCUT2D eigenvalue weighted by atomic mass is 16.5. The third kappa shape index (κ3) is 5.40. The van der Waals surface area contributed by atoms with Gasteiger partial charge in [-0.15, -0.1) is 0 Å². The molecule has 1 aromatic heterocycles. The highest BCUT2D eigenvalue weighted by Crippen LogP contribution is 2.22. The van der Waals surface area contributed by atoms with Crippen LogP contribution in [0.2, 0.25) is 0 Å². The number of piperazine rings is 1. The zero-order valence-corrected chi connectivity index (χ0v) is 18.8. The van der Waals surface area contributed by atoms with E-state index in [1.165, 1.54) is 30.5 Å². The van der Waals surface area contributed by atoms with E-state index in [9.17, 15) is 0 Å². The lowest BCUT2D eigenvalue weighted by atomic mass is 10.1. The number of guanidine groups is 1. The number of aromatic nitrogens is 1. The average molecular weight is 423 g/mol. The first-order chi connectivity index (χ1) is 15.3. The summed E-state index contributed by atoms with van der Waals surface area (Å²) in [5, 5.41) is 3.55. The molecular formula is C24H34N6O. The SMILES string of the molecule is CN=C(NCc1ccnc(N2CCCCC2)c1)N1CCN(c2cccc(OC)c2)CC1. The summed E-state index contributed by atoms with van der Waals surface area (Å²) in [5.41, 5.74) is 2.45. The number of piperidine rings is 1. The molecule has 0 unspecified atom stereocenters. The van der Waals surface area contributed by atoms with Crippen molar-refractivity contribution in [3.8, 4) is 5.75 Å². The number of pyridine rings is 1. The maximum atomic E-state index is 5.37. The van der Waals surface area contributed by atoms with Gasteiger partial charge in [0.25, 0.3) is 0 Å². The van der Waals surface area contributed by atoms with E-state index in [0.29, 0.717) is 0 Å². The number of methoxy groups -OCH3 is 1. The number of hydrogen-bond acceptors (Lipinski definition) is 5. The van der Waals surface area contributed by atoms with Crippen molar-refractivity contribution in [2.45, 2.75) is 25.8 Å². The Bertz CT molecular complexity index is 872. The molecule has 0 saturated carbocycles. The fraction of sp³-hybridized carbons (Fsp3) is 0.500. The molecule has 3 heterocycles. The smallest absolute Gasteiger partial charge is 0.194 e. The first kappa shape index (κ1) is 21.3. The molecule has 0 amide bonds. The van der Waals surface area contributed by atoms with E-state index < -0.39 is 0 Å². The van der Waals surface area contributed by atoms with Crippen molar-refractivity contribution in [1.29, 1.82) is 0 Å². The highest BCUT2D eigenvalue weighted by molar-refractivity contribution is 5.80. The average Bonchev–Trinajstić information content (AvgIpc) is 2.85. The lowest BCUT2D eigenvalue weighted by molar-refractivity contribution is 0.372. The minimum absolute atomic E-state index is 0.756. The number of benzene rings is 1. The van der Waals surface area contributed by atoms with Crippen LogP contribution in [0.4, 0.5) is 11.5 Å². The summed E-state index contributed by atoms with van der Waals surface area (Å²) in [7, 11) is 3.58. The molecule has 0 bridgehead atoms. The Morgan fingerprint density at radius 3 is 2.55 bits per heavy atom. The monoisotopic (exact) mass is 422 g/mol. The molecule has 1 aromatic carbocycles. The summed E-state index contributed by atoms with van der Waals surface area (Å²) in [6.07, 6.45) is 5.78. The minimum Gasteiger partial charge on any atom is -0.497 e. The quantitative estimate of drug-likeness (QED) is 0.591. The second-order valence-corrected chi connectivity index (χ2v) is 8.15. The first-order valence-corrected chi connectivity index (χ1v) is 11.3. The second-order valence-electron chi connectivity index (χ2n) is 8.15. The molecule has 2 aromatic rings. The van der Waals surface area contributed by atoms with Crippen LogP contribution < -0.4 is 19.9 Å².